The number of amides is 1. The third-order valence-electron chi connectivity index (χ3n) is 6.76. The number of carbonyl (C=O) groups excluding carboxylic acids is 1. The Hall–Kier alpha value is -2.24. The van der Waals surface area contributed by atoms with Crippen molar-refractivity contribution >= 4 is 21.6 Å². The minimum atomic E-state index is -3.69. The molecule has 28 heavy (non-hydrogen) atoms. The van der Waals surface area contributed by atoms with Crippen molar-refractivity contribution in [2.24, 2.45) is 21.8 Å². The largest absolute Gasteiger partial charge is 0.271 e. The van der Waals surface area contributed by atoms with Gasteiger partial charge in [0.1, 0.15) is 0 Å². The van der Waals surface area contributed by atoms with E-state index in [0.29, 0.717) is 11.5 Å². The van der Waals surface area contributed by atoms with Crippen LogP contribution in [0.3, 0.4) is 0 Å². The molecule has 0 saturated heterocycles. The monoisotopic (exact) mass is 402 g/mol. The van der Waals surface area contributed by atoms with Crippen LogP contribution in [0.25, 0.3) is 0 Å². The van der Waals surface area contributed by atoms with E-state index in [1.807, 2.05) is 6.07 Å². The summed E-state index contributed by atoms with van der Waals surface area (Å²) in [6, 6.07) is 7.54. The molecular weight excluding hydrogens is 376 g/mol. The molecule has 2 N–H and O–H groups in total. The Balaban J connectivity index is 1.67. The van der Waals surface area contributed by atoms with Crippen LogP contribution in [0.2, 0.25) is 0 Å². The molecule has 2 aliphatic rings. The van der Waals surface area contributed by atoms with Crippen molar-refractivity contribution in [2.45, 2.75) is 51.3 Å². The van der Waals surface area contributed by atoms with E-state index in [-0.39, 0.29) is 34.6 Å². The fourth-order valence-electron chi connectivity index (χ4n) is 4.39. The van der Waals surface area contributed by atoms with E-state index in [0.717, 1.165) is 18.6 Å². The van der Waals surface area contributed by atoms with Gasteiger partial charge in [0, 0.05) is 29.7 Å². The minimum absolute atomic E-state index is 0.0119. The maximum atomic E-state index is 12.4. The van der Waals surface area contributed by atoms with Gasteiger partial charge < -0.3 is 0 Å². The summed E-state index contributed by atoms with van der Waals surface area (Å²) in [6.07, 6.45) is 3.30. The minimum Gasteiger partial charge on any atom is -0.267 e. The maximum absolute atomic E-state index is 12.4. The fraction of sp³-hybridized carbons (Fsp3) is 0.550. The summed E-state index contributed by atoms with van der Waals surface area (Å²) < 4.78 is 26.6. The predicted molar refractivity (Wildman–Crippen MR) is 106 cm³/mol. The smallest absolute Gasteiger partial charge is 0.267 e. The second kappa shape index (κ2) is 7.30. The van der Waals surface area contributed by atoms with Crippen LogP contribution in [0.15, 0.2) is 34.3 Å². The quantitative estimate of drug-likeness (QED) is 0.563. The van der Waals surface area contributed by atoms with Crippen LogP contribution in [0.1, 0.15) is 56.8 Å². The van der Waals surface area contributed by atoms with Gasteiger partial charge >= 0.3 is 0 Å². The number of hydrogen-bond donors (Lipinski definition) is 2. The number of sulfonamides is 1. The molecule has 0 radical (unpaired) electrons. The topological polar surface area (TPSA) is 111 Å². The van der Waals surface area contributed by atoms with Gasteiger partial charge in [-0.25, -0.2) is 18.6 Å². The molecule has 2 fully saturated rings. The van der Waals surface area contributed by atoms with Crippen LogP contribution in [-0.4, -0.2) is 26.6 Å². The molecule has 2 atom stereocenters. The molecule has 3 rings (SSSR count). The zero-order valence-corrected chi connectivity index (χ0v) is 17.3. The van der Waals surface area contributed by atoms with Gasteiger partial charge in [0.05, 0.1) is 11.0 Å². The fourth-order valence-corrected chi connectivity index (χ4v) is 5.42. The molecule has 1 aromatic carbocycles. The van der Waals surface area contributed by atoms with Crippen LogP contribution < -0.4 is 10.1 Å². The van der Waals surface area contributed by atoms with Crippen LogP contribution in [0.5, 0.6) is 0 Å². The van der Waals surface area contributed by atoms with Crippen molar-refractivity contribution in [3.63, 3.8) is 0 Å². The van der Waals surface area contributed by atoms with E-state index < -0.39 is 10.0 Å². The van der Waals surface area contributed by atoms with Gasteiger partial charge in [-0.05, 0) is 54.9 Å². The van der Waals surface area contributed by atoms with Crippen LogP contribution >= 0.6 is 0 Å². The SMILES string of the molecule is CC1(C)[C@H]2CC[C@@]1(C)/C(=N/NC(=O)c1ccc(S(=O)(=O)NCCC#N)cc1)C2. The van der Waals surface area contributed by atoms with Gasteiger partial charge in [0.25, 0.3) is 5.91 Å². The lowest BCUT2D eigenvalue weighted by Crippen LogP contribution is -2.34. The highest BCUT2D eigenvalue weighted by Gasteiger charge is 2.60. The third-order valence-corrected chi connectivity index (χ3v) is 8.24. The molecule has 0 heterocycles. The summed E-state index contributed by atoms with van der Waals surface area (Å²) in [7, 11) is -3.69. The molecule has 0 unspecified atom stereocenters. The maximum Gasteiger partial charge on any atom is 0.271 e. The number of carbonyl (C=O) groups is 1. The van der Waals surface area contributed by atoms with E-state index in [1.165, 1.54) is 30.7 Å². The number of nitriles is 1. The number of nitrogens with one attached hydrogen (secondary N) is 2. The first-order valence-corrected chi connectivity index (χ1v) is 10.9. The number of benzene rings is 1. The van der Waals surface area contributed by atoms with Crippen molar-refractivity contribution in [3.05, 3.63) is 29.8 Å². The van der Waals surface area contributed by atoms with Crippen molar-refractivity contribution < 1.29 is 13.2 Å². The highest BCUT2D eigenvalue weighted by Crippen LogP contribution is 2.63. The second-order valence-electron chi connectivity index (χ2n) is 8.32. The molecule has 2 bridgehead atoms. The molecule has 0 aromatic heterocycles. The summed E-state index contributed by atoms with van der Waals surface area (Å²) in [5, 5.41) is 12.9. The Labute approximate surface area is 166 Å². The van der Waals surface area contributed by atoms with Crippen LogP contribution in [0.4, 0.5) is 0 Å². The first-order chi connectivity index (χ1) is 13.1. The van der Waals surface area contributed by atoms with Crippen molar-refractivity contribution in [3.8, 4) is 6.07 Å². The summed E-state index contributed by atoms with van der Waals surface area (Å²) in [5.74, 6) is 0.240. The van der Waals surface area contributed by atoms with Gasteiger partial charge in [0.2, 0.25) is 10.0 Å². The number of hydrazone groups is 1. The Morgan fingerprint density at radius 2 is 1.96 bits per heavy atom. The normalized spacial score (nSPS) is 26.9. The van der Waals surface area contributed by atoms with E-state index in [4.69, 9.17) is 5.26 Å². The average molecular weight is 403 g/mol. The average Bonchev–Trinajstić information content (AvgIpc) is 2.99. The molecular formula is C20H26N4O3S. The summed E-state index contributed by atoms with van der Waals surface area (Å²) in [6.45, 7) is 6.83. The molecule has 8 heteroatoms. The summed E-state index contributed by atoms with van der Waals surface area (Å²) >= 11 is 0. The second-order valence-corrected chi connectivity index (χ2v) is 10.1. The molecule has 1 amide bonds. The lowest BCUT2D eigenvalue weighted by atomic mass is 9.70. The van der Waals surface area contributed by atoms with Crippen LogP contribution in [0, 0.1) is 28.1 Å². The third kappa shape index (κ3) is 3.45. The van der Waals surface area contributed by atoms with Crippen LogP contribution in [-0.2, 0) is 10.0 Å². The van der Waals surface area contributed by atoms with Crippen molar-refractivity contribution in [1.82, 2.24) is 10.1 Å². The molecule has 0 spiro atoms. The van der Waals surface area contributed by atoms with Gasteiger partial charge in [0.15, 0.2) is 0 Å². The Morgan fingerprint density at radius 3 is 2.50 bits per heavy atom. The number of rotatable bonds is 6. The highest BCUT2D eigenvalue weighted by molar-refractivity contribution is 7.89. The molecule has 150 valence electrons. The Morgan fingerprint density at radius 1 is 1.29 bits per heavy atom. The lowest BCUT2D eigenvalue weighted by Gasteiger charge is -2.34. The number of hydrogen-bond acceptors (Lipinski definition) is 5. The van der Waals surface area contributed by atoms with Gasteiger partial charge in [-0.2, -0.15) is 10.4 Å². The van der Waals surface area contributed by atoms with Gasteiger partial charge in [-0.3, -0.25) is 4.79 Å². The standard InChI is InChI=1S/C20H26N4O3S/c1-19(2)15-9-10-20(19,3)17(13-15)23-24-18(25)14-5-7-16(8-6-14)28(26,27)22-12-4-11-21/h5-8,15,22H,4,9-10,12-13H2,1-3H3,(H,24,25)/b23-17+/t15-,20-/m0/s1. The van der Waals surface area contributed by atoms with E-state index >= 15 is 0 Å². The number of nitrogens with zero attached hydrogens (tertiary/aromatic N) is 2. The summed E-state index contributed by atoms with van der Waals surface area (Å²) in [4.78, 5) is 12.5. The zero-order chi connectivity index (χ0) is 20.6. The van der Waals surface area contributed by atoms with Gasteiger partial charge in [-0.15, -0.1) is 0 Å². The first kappa shape index (κ1) is 20.5. The Bertz CT molecular complexity index is 945. The first-order valence-electron chi connectivity index (χ1n) is 9.46. The van der Waals surface area contributed by atoms with E-state index in [9.17, 15) is 13.2 Å². The van der Waals surface area contributed by atoms with Gasteiger partial charge in [-0.1, -0.05) is 20.8 Å². The van der Waals surface area contributed by atoms with E-state index in [2.05, 4.69) is 36.0 Å². The Kier molecular flexibility index (Phi) is 5.34. The highest BCUT2D eigenvalue weighted by atomic mass is 32.2. The summed E-state index contributed by atoms with van der Waals surface area (Å²) in [5.41, 5.74) is 4.22. The lowest BCUT2D eigenvalue weighted by molar-refractivity contribution is 0.0953. The molecule has 2 aliphatic carbocycles. The van der Waals surface area contributed by atoms with Crippen molar-refractivity contribution in [2.75, 3.05) is 6.54 Å². The number of fused-ring (bicyclic) bond motifs is 2. The van der Waals surface area contributed by atoms with Crippen molar-refractivity contribution in [1.29, 1.82) is 5.26 Å². The molecule has 0 aliphatic heterocycles. The molecule has 2 saturated carbocycles. The zero-order valence-electron chi connectivity index (χ0n) is 16.4. The molecule has 1 aromatic rings. The predicted octanol–water partition coefficient (Wildman–Crippen LogP) is 2.81. The molecule has 7 nitrogen and oxygen atoms in total. The van der Waals surface area contributed by atoms with E-state index in [1.54, 1.807) is 0 Å².